The number of likely N-dealkylation sites (tertiary alicyclic amines) is 1. The van der Waals surface area contributed by atoms with Gasteiger partial charge in [0.25, 0.3) is 5.91 Å². The first-order valence-electron chi connectivity index (χ1n) is 9.47. The third-order valence-electron chi connectivity index (χ3n) is 5.19. The Labute approximate surface area is 169 Å². The fraction of sp³-hybridized carbons (Fsp3) is 0.286. The van der Waals surface area contributed by atoms with Gasteiger partial charge in [0.1, 0.15) is 11.5 Å². The molecule has 1 saturated heterocycles. The highest BCUT2D eigenvalue weighted by Crippen LogP contribution is 2.30. The van der Waals surface area contributed by atoms with E-state index in [1.165, 1.54) is 29.3 Å². The van der Waals surface area contributed by atoms with Crippen LogP contribution in [0.5, 0.6) is 0 Å². The summed E-state index contributed by atoms with van der Waals surface area (Å²) in [5, 5.41) is 3.30. The zero-order valence-corrected chi connectivity index (χ0v) is 16.9. The topological polar surface area (TPSA) is 60.9 Å². The van der Waals surface area contributed by atoms with Crippen LogP contribution >= 0.6 is 0 Å². The molecule has 29 heavy (non-hydrogen) atoms. The van der Waals surface area contributed by atoms with E-state index < -0.39 is 9.84 Å². The highest BCUT2D eigenvalue weighted by molar-refractivity contribution is 7.90. The van der Waals surface area contributed by atoms with Crippen molar-refractivity contribution in [3.63, 3.8) is 0 Å². The summed E-state index contributed by atoms with van der Waals surface area (Å²) in [6.45, 7) is 2.13. The molecular formula is C21H22FN3O3S. The first kappa shape index (κ1) is 19.4. The predicted octanol–water partition coefficient (Wildman–Crippen LogP) is 2.98. The van der Waals surface area contributed by atoms with Crippen LogP contribution in [-0.4, -0.2) is 45.1 Å². The van der Waals surface area contributed by atoms with E-state index in [0.717, 1.165) is 32.2 Å². The molecule has 1 amide bonds. The van der Waals surface area contributed by atoms with Crippen LogP contribution in [0.2, 0.25) is 0 Å². The molecule has 0 atom stereocenters. The van der Waals surface area contributed by atoms with Crippen molar-refractivity contribution in [1.29, 1.82) is 0 Å². The predicted molar refractivity (Wildman–Crippen MR) is 110 cm³/mol. The normalized spacial score (nSPS) is 17.7. The molecule has 2 heterocycles. The maximum absolute atomic E-state index is 13.5. The minimum absolute atomic E-state index is 0.183. The molecule has 2 aliphatic rings. The number of hydrazine groups is 1. The maximum atomic E-state index is 13.5. The Morgan fingerprint density at radius 3 is 2.07 bits per heavy atom. The Hall–Kier alpha value is -2.87. The average Bonchev–Trinajstić information content (AvgIpc) is 3.22. The van der Waals surface area contributed by atoms with Gasteiger partial charge in [-0.1, -0.05) is 0 Å². The number of sulfone groups is 1. The number of halogens is 1. The highest BCUT2D eigenvalue weighted by Gasteiger charge is 2.33. The number of amides is 1. The van der Waals surface area contributed by atoms with Crippen molar-refractivity contribution in [3.8, 4) is 0 Å². The van der Waals surface area contributed by atoms with Crippen molar-refractivity contribution in [2.45, 2.75) is 17.7 Å². The Morgan fingerprint density at radius 1 is 0.897 bits per heavy atom. The van der Waals surface area contributed by atoms with E-state index in [-0.39, 0.29) is 16.6 Å². The molecule has 8 heteroatoms. The van der Waals surface area contributed by atoms with Gasteiger partial charge in [0.2, 0.25) is 0 Å². The number of hydrogen-bond acceptors (Lipinski definition) is 5. The molecule has 2 aromatic rings. The molecule has 0 N–H and O–H groups in total. The lowest BCUT2D eigenvalue weighted by Gasteiger charge is -2.41. The highest BCUT2D eigenvalue weighted by atomic mass is 32.2. The molecule has 6 nitrogen and oxygen atoms in total. The zero-order valence-electron chi connectivity index (χ0n) is 16.1. The number of hydrogen-bond donors (Lipinski definition) is 0. The molecule has 4 rings (SSSR count). The van der Waals surface area contributed by atoms with Gasteiger partial charge in [-0.3, -0.25) is 9.80 Å². The molecule has 0 aliphatic carbocycles. The lowest BCUT2D eigenvalue weighted by molar-refractivity contribution is -0.117. The second-order valence-electron chi connectivity index (χ2n) is 7.23. The number of nitrogens with zero attached hydrogens (tertiary/aromatic N) is 3. The summed E-state index contributed by atoms with van der Waals surface area (Å²) in [6, 6.07) is 12.2. The SMILES string of the molecule is CS(=O)(=O)c1ccc(N2CC=C(N3CCCC3)C(=O)N2c2ccc(F)cc2)cc1. The minimum Gasteiger partial charge on any atom is -0.367 e. The summed E-state index contributed by atoms with van der Waals surface area (Å²) in [6.07, 6.45) is 5.16. The van der Waals surface area contributed by atoms with E-state index in [9.17, 15) is 17.6 Å². The fourth-order valence-electron chi connectivity index (χ4n) is 3.71. The van der Waals surface area contributed by atoms with Crippen LogP contribution in [0.1, 0.15) is 12.8 Å². The van der Waals surface area contributed by atoms with Crippen molar-refractivity contribution >= 4 is 27.1 Å². The number of benzene rings is 2. The van der Waals surface area contributed by atoms with Crippen molar-refractivity contribution < 1.29 is 17.6 Å². The molecule has 2 aliphatic heterocycles. The second kappa shape index (κ2) is 7.51. The van der Waals surface area contributed by atoms with Gasteiger partial charge in [-0.15, -0.1) is 0 Å². The van der Waals surface area contributed by atoms with Gasteiger partial charge in [-0.25, -0.2) is 17.8 Å². The van der Waals surface area contributed by atoms with Gasteiger partial charge >= 0.3 is 0 Å². The lowest BCUT2D eigenvalue weighted by atomic mass is 10.2. The van der Waals surface area contributed by atoms with Gasteiger partial charge in [0.05, 0.1) is 22.8 Å². The van der Waals surface area contributed by atoms with E-state index in [1.54, 1.807) is 29.3 Å². The van der Waals surface area contributed by atoms with Crippen LogP contribution in [0.25, 0.3) is 0 Å². The molecule has 0 bridgehead atoms. The Kier molecular flexibility index (Phi) is 5.04. The van der Waals surface area contributed by atoms with E-state index in [1.807, 2.05) is 6.08 Å². The Balaban J connectivity index is 1.74. The van der Waals surface area contributed by atoms with Gasteiger partial charge in [-0.2, -0.15) is 0 Å². The molecule has 0 spiro atoms. The summed E-state index contributed by atoms with van der Waals surface area (Å²) in [5.41, 5.74) is 1.87. The summed E-state index contributed by atoms with van der Waals surface area (Å²) < 4.78 is 37.0. The van der Waals surface area contributed by atoms with Crippen LogP contribution in [0, 0.1) is 5.82 Å². The van der Waals surface area contributed by atoms with Gasteiger partial charge in [0.15, 0.2) is 9.84 Å². The molecule has 0 saturated carbocycles. The molecule has 0 radical (unpaired) electrons. The number of carbonyl (C=O) groups excluding carboxylic acids is 1. The monoisotopic (exact) mass is 415 g/mol. The minimum atomic E-state index is -3.31. The van der Waals surface area contributed by atoms with Crippen molar-refractivity contribution in [1.82, 2.24) is 4.90 Å². The standard InChI is InChI=1S/C21H22FN3O3S/c1-29(27,28)19-10-8-17(9-11-19)24-15-12-20(23-13-2-3-14-23)21(26)25(24)18-6-4-16(22)5-7-18/h4-12H,2-3,13-15H2,1H3. The van der Waals surface area contributed by atoms with Gasteiger partial charge in [0, 0.05) is 19.3 Å². The van der Waals surface area contributed by atoms with Crippen LogP contribution in [0.3, 0.4) is 0 Å². The van der Waals surface area contributed by atoms with E-state index >= 15 is 0 Å². The second-order valence-corrected chi connectivity index (χ2v) is 9.24. The lowest BCUT2D eigenvalue weighted by Crippen LogP contribution is -2.53. The van der Waals surface area contributed by atoms with Gasteiger partial charge in [-0.05, 0) is 67.4 Å². The van der Waals surface area contributed by atoms with E-state index in [0.29, 0.717) is 23.6 Å². The molecule has 0 aromatic heterocycles. The number of carbonyl (C=O) groups is 1. The molecule has 1 fully saturated rings. The van der Waals surface area contributed by atoms with Crippen LogP contribution in [0.4, 0.5) is 15.8 Å². The molecule has 152 valence electrons. The molecule has 2 aromatic carbocycles. The third kappa shape index (κ3) is 3.85. The fourth-order valence-corrected chi connectivity index (χ4v) is 4.34. The van der Waals surface area contributed by atoms with E-state index in [2.05, 4.69) is 4.90 Å². The first-order chi connectivity index (χ1) is 13.8. The van der Waals surface area contributed by atoms with Crippen molar-refractivity contribution in [2.24, 2.45) is 0 Å². The summed E-state index contributed by atoms with van der Waals surface area (Å²) in [7, 11) is -3.31. The number of anilines is 2. The van der Waals surface area contributed by atoms with Gasteiger partial charge < -0.3 is 4.90 Å². The Bertz CT molecular complexity index is 1040. The largest absolute Gasteiger partial charge is 0.367 e. The van der Waals surface area contributed by atoms with E-state index in [4.69, 9.17) is 0 Å². The maximum Gasteiger partial charge on any atom is 0.293 e. The first-order valence-corrected chi connectivity index (χ1v) is 11.4. The molecular weight excluding hydrogens is 393 g/mol. The quantitative estimate of drug-likeness (QED) is 0.768. The van der Waals surface area contributed by atoms with Crippen LogP contribution < -0.4 is 10.0 Å². The summed E-state index contributed by atoms with van der Waals surface area (Å²) in [4.78, 5) is 15.7. The summed E-state index contributed by atoms with van der Waals surface area (Å²) in [5.74, 6) is -0.561. The average molecular weight is 415 g/mol. The van der Waals surface area contributed by atoms with Crippen molar-refractivity contribution in [3.05, 3.63) is 66.1 Å². The number of rotatable bonds is 4. The summed E-state index contributed by atoms with van der Waals surface area (Å²) >= 11 is 0. The smallest absolute Gasteiger partial charge is 0.293 e. The molecule has 0 unspecified atom stereocenters. The third-order valence-corrected chi connectivity index (χ3v) is 6.32. The Morgan fingerprint density at radius 2 is 1.48 bits per heavy atom. The van der Waals surface area contributed by atoms with Crippen molar-refractivity contribution in [2.75, 3.05) is 35.9 Å². The zero-order chi connectivity index (χ0) is 20.6. The van der Waals surface area contributed by atoms with Crippen LogP contribution in [-0.2, 0) is 14.6 Å². The van der Waals surface area contributed by atoms with Crippen LogP contribution in [0.15, 0.2) is 65.2 Å².